The fourth-order valence-corrected chi connectivity index (χ4v) is 3.20. The topological polar surface area (TPSA) is 106 Å². The Morgan fingerprint density at radius 2 is 2.00 bits per heavy atom. The summed E-state index contributed by atoms with van der Waals surface area (Å²) in [7, 11) is 1.65. The van der Waals surface area contributed by atoms with Crippen molar-refractivity contribution >= 4 is 36.5 Å². The summed E-state index contributed by atoms with van der Waals surface area (Å²) in [6.07, 6.45) is 8.54. The van der Waals surface area contributed by atoms with E-state index in [1.54, 1.807) is 20.0 Å². The zero-order chi connectivity index (χ0) is 19.2. The summed E-state index contributed by atoms with van der Waals surface area (Å²) < 4.78 is 18.6. The van der Waals surface area contributed by atoms with Crippen LogP contribution in [0.3, 0.4) is 0 Å². The van der Waals surface area contributed by atoms with Crippen LogP contribution in [0.2, 0.25) is 0 Å². The van der Waals surface area contributed by atoms with E-state index >= 15 is 0 Å². The SMILES string of the molecule is Bc1cc(N/C(=N\O)c2cocc2NC(=N)NC2CCCCC2)ccc1F. The summed E-state index contributed by atoms with van der Waals surface area (Å²) in [5.74, 6) is -0.0156. The molecule has 27 heavy (non-hydrogen) atoms. The monoisotopic (exact) mass is 371 g/mol. The molecule has 1 aliphatic carbocycles. The van der Waals surface area contributed by atoms with Crippen molar-refractivity contribution in [2.45, 2.75) is 38.1 Å². The molecule has 1 aromatic carbocycles. The van der Waals surface area contributed by atoms with Gasteiger partial charge in [0.25, 0.3) is 0 Å². The van der Waals surface area contributed by atoms with Gasteiger partial charge in [-0.1, -0.05) is 29.9 Å². The Hall–Kier alpha value is -2.97. The summed E-state index contributed by atoms with van der Waals surface area (Å²) in [6, 6.07) is 4.79. The third-order valence-corrected chi connectivity index (χ3v) is 4.65. The van der Waals surface area contributed by atoms with Gasteiger partial charge in [0.1, 0.15) is 26.2 Å². The van der Waals surface area contributed by atoms with Crippen molar-refractivity contribution in [1.82, 2.24) is 5.32 Å². The largest absolute Gasteiger partial charge is 0.470 e. The summed E-state index contributed by atoms with van der Waals surface area (Å²) in [6.45, 7) is 0. The first kappa shape index (κ1) is 18.8. The van der Waals surface area contributed by atoms with Crippen LogP contribution in [-0.2, 0) is 0 Å². The third-order valence-electron chi connectivity index (χ3n) is 4.65. The lowest BCUT2D eigenvalue weighted by molar-refractivity contribution is 0.319. The fraction of sp³-hybridized carbons (Fsp3) is 0.333. The molecule has 0 aliphatic heterocycles. The van der Waals surface area contributed by atoms with Gasteiger partial charge in [-0.25, -0.2) is 4.39 Å². The lowest BCUT2D eigenvalue weighted by Crippen LogP contribution is -2.39. The highest BCUT2D eigenvalue weighted by Gasteiger charge is 2.17. The predicted molar refractivity (Wildman–Crippen MR) is 107 cm³/mol. The molecule has 142 valence electrons. The molecular formula is C18H23BFN5O2. The van der Waals surface area contributed by atoms with E-state index in [2.05, 4.69) is 21.1 Å². The van der Waals surface area contributed by atoms with Gasteiger partial charge in [0.05, 0.1) is 11.3 Å². The van der Waals surface area contributed by atoms with E-state index in [9.17, 15) is 9.60 Å². The second-order valence-corrected chi connectivity index (χ2v) is 6.72. The van der Waals surface area contributed by atoms with E-state index in [1.807, 2.05) is 0 Å². The first-order chi connectivity index (χ1) is 13.1. The van der Waals surface area contributed by atoms with Crippen LogP contribution in [0.4, 0.5) is 15.8 Å². The highest BCUT2D eigenvalue weighted by atomic mass is 19.1. The molecule has 1 saturated carbocycles. The molecule has 1 aliphatic rings. The summed E-state index contributed by atoms with van der Waals surface area (Å²) in [5.41, 5.74) is 1.99. The number of hydrogen-bond acceptors (Lipinski definition) is 4. The minimum Gasteiger partial charge on any atom is -0.470 e. The van der Waals surface area contributed by atoms with Crippen LogP contribution in [0.5, 0.6) is 0 Å². The van der Waals surface area contributed by atoms with Crippen molar-refractivity contribution in [3.05, 3.63) is 42.1 Å². The van der Waals surface area contributed by atoms with E-state index in [1.165, 1.54) is 37.9 Å². The lowest BCUT2D eigenvalue weighted by atomic mass is 9.95. The smallest absolute Gasteiger partial charge is 0.193 e. The molecule has 9 heteroatoms. The average Bonchev–Trinajstić information content (AvgIpc) is 3.11. The molecular weight excluding hydrogens is 348 g/mol. The number of nitrogens with one attached hydrogen (secondary N) is 4. The van der Waals surface area contributed by atoms with Gasteiger partial charge >= 0.3 is 0 Å². The van der Waals surface area contributed by atoms with Crippen molar-refractivity contribution in [2.24, 2.45) is 5.16 Å². The van der Waals surface area contributed by atoms with Crippen molar-refractivity contribution < 1.29 is 14.0 Å². The molecule has 0 bridgehead atoms. The number of amidine groups is 1. The Kier molecular flexibility index (Phi) is 6.00. The molecule has 0 atom stereocenters. The Morgan fingerprint density at radius 1 is 1.22 bits per heavy atom. The normalized spacial score (nSPS) is 15.4. The van der Waals surface area contributed by atoms with E-state index in [0.717, 1.165) is 12.8 Å². The Bertz CT molecular complexity index is 833. The van der Waals surface area contributed by atoms with E-state index in [0.29, 0.717) is 28.4 Å². The van der Waals surface area contributed by atoms with Crippen LogP contribution in [-0.4, -0.2) is 30.9 Å². The number of guanidine groups is 1. The number of anilines is 2. The molecule has 0 saturated heterocycles. The van der Waals surface area contributed by atoms with Crippen LogP contribution < -0.4 is 21.4 Å². The number of hydrogen-bond donors (Lipinski definition) is 5. The minimum atomic E-state index is -0.309. The van der Waals surface area contributed by atoms with E-state index in [4.69, 9.17) is 9.83 Å². The second-order valence-electron chi connectivity index (χ2n) is 6.72. The van der Waals surface area contributed by atoms with Crippen LogP contribution in [0.15, 0.2) is 40.3 Å². The molecule has 5 N–H and O–H groups in total. The third kappa shape index (κ3) is 4.81. The van der Waals surface area contributed by atoms with Crippen molar-refractivity contribution in [3.8, 4) is 0 Å². The minimum absolute atomic E-state index is 0.128. The second kappa shape index (κ2) is 8.61. The van der Waals surface area contributed by atoms with Crippen LogP contribution in [0.1, 0.15) is 37.7 Å². The molecule has 1 fully saturated rings. The lowest BCUT2D eigenvalue weighted by Gasteiger charge is -2.24. The highest BCUT2D eigenvalue weighted by Crippen LogP contribution is 2.21. The maximum atomic E-state index is 13.4. The molecule has 1 aromatic heterocycles. The molecule has 1 heterocycles. The van der Waals surface area contributed by atoms with E-state index in [-0.39, 0.29) is 17.6 Å². The predicted octanol–water partition coefficient (Wildman–Crippen LogP) is 2.19. The number of oxime groups is 1. The first-order valence-electron chi connectivity index (χ1n) is 9.00. The highest BCUT2D eigenvalue weighted by molar-refractivity contribution is 6.33. The van der Waals surface area contributed by atoms with Crippen molar-refractivity contribution in [2.75, 3.05) is 10.6 Å². The molecule has 0 amide bonds. The molecule has 0 radical (unpaired) electrons. The number of benzene rings is 1. The first-order valence-corrected chi connectivity index (χ1v) is 9.00. The van der Waals surface area contributed by atoms with Gasteiger partial charge in [-0.3, -0.25) is 5.41 Å². The van der Waals surface area contributed by atoms with Gasteiger partial charge in [-0.05, 0) is 31.0 Å². The zero-order valence-corrected chi connectivity index (χ0v) is 15.2. The van der Waals surface area contributed by atoms with Crippen LogP contribution in [0.25, 0.3) is 0 Å². The summed E-state index contributed by atoms with van der Waals surface area (Å²) in [4.78, 5) is 0. The Morgan fingerprint density at radius 3 is 2.70 bits per heavy atom. The molecule has 3 rings (SSSR count). The van der Waals surface area contributed by atoms with Crippen LogP contribution >= 0.6 is 0 Å². The van der Waals surface area contributed by atoms with Gasteiger partial charge in [0, 0.05) is 11.7 Å². The maximum absolute atomic E-state index is 13.4. The number of rotatable bonds is 4. The van der Waals surface area contributed by atoms with Crippen molar-refractivity contribution in [1.29, 1.82) is 5.41 Å². The van der Waals surface area contributed by atoms with Gasteiger partial charge in [-0.2, -0.15) is 0 Å². The molecule has 0 unspecified atom stereocenters. The molecule has 0 spiro atoms. The quantitative estimate of drug-likeness (QED) is 0.186. The molecule has 7 nitrogen and oxygen atoms in total. The average molecular weight is 371 g/mol. The number of halogens is 1. The summed E-state index contributed by atoms with van der Waals surface area (Å²) >= 11 is 0. The van der Waals surface area contributed by atoms with E-state index < -0.39 is 0 Å². The van der Waals surface area contributed by atoms with Crippen LogP contribution in [0, 0.1) is 11.2 Å². The molecule has 2 aromatic rings. The van der Waals surface area contributed by atoms with Gasteiger partial charge in [0.2, 0.25) is 0 Å². The zero-order valence-electron chi connectivity index (χ0n) is 15.2. The number of nitrogens with zero attached hydrogens (tertiary/aromatic N) is 1. The maximum Gasteiger partial charge on any atom is 0.193 e. The standard InChI is InChI=1S/C18H23BFN5O2/c19-14-8-12(6-7-15(14)20)22-17(25-26)13-9-27-10-16(13)24-18(21)23-11-4-2-1-3-5-11/h6-11,26H,1-5,19H2,(H,22,25)(H3,21,23,24). The van der Waals surface area contributed by atoms with Gasteiger partial charge in [-0.15, -0.1) is 0 Å². The fourth-order valence-electron chi connectivity index (χ4n) is 3.20. The summed E-state index contributed by atoms with van der Waals surface area (Å²) in [5, 5.41) is 29.9. The van der Waals surface area contributed by atoms with Crippen molar-refractivity contribution in [3.63, 3.8) is 0 Å². The van der Waals surface area contributed by atoms with Gasteiger partial charge in [0.15, 0.2) is 11.8 Å². The Labute approximate surface area is 157 Å². The Balaban J connectivity index is 1.68. The number of furan rings is 1. The van der Waals surface area contributed by atoms with Gasteiger partial charge < -0.3 is 25.6 Å².